The molecule has 2 N–H and O–H groups in total. The summed E-state index contributed by atoms with van der Waals surface area (Å²) in [6.07, 6.45) is 4.59. The van der Waals surface area contributed by atoms with Crippen molar-refractivity contribution in [2.24, 2.45) is 5.92 Å². The standard InChI is InChI=1S/C15H24N2O3S/c1-21(19,20)17(10-11-18)15-4-2-13(3-5-15)12-14-6-8-16-9-7-14/h2-5,14,16,18H,6-12H2,1H3. The van der Waals surface area contributed by atoms with Crippen LogP contribution in [0, 0.1) is 5.92 Å². The van der Waals surface area contributed by atoms with Gasteiger partial charge in [0, 0.05) is 0 Å². The molecule has 0 amide bonds. The number of rotatable bonds is 6. The van der Waals surface area contributed by atoms with Crippen LogP contribution in [0.25, 0.3) is 0 Å². The van der Waals surface area contributed by atoms with Crippen LogP contribution in [0.2, 0.25) is 0 Å². The third kappa shape index (κ3) is 4.69. The average molecular weight is 312 g/mol. The van der Waals surface area contributed by atoms with Crippen molar-refractivity contribution in [2.45, 2.75) is 19.3 Å². The molecule has 1 heterocycles. The molecule has 1 aromatic carbocycles. The normalized spacial score (nSPS) is 16.9. The van der Waals surface area contributed by atoms with E-state index in [0.717, 1.165) is 25.8 Å². The highest BCUT2D eigenvalue weighted by atomic mass is 32.2. The van der Waals surface area contributed by atoms with E-state index in [1.807, 2.05) is 24.3 Å². The Labute approximate surface area is 127 Å². The Morgan fingerprint density at radius 1 is 1.24 bits per heavy atom. The highest BCUT2D eigenvalue weighted by Crippen LogP contribution is 2.22. The van der Waals surface area contributed by atoms with Crippen LogP contribution in [-0.2, 0) is 16.4 Å². The Morgan fingerprint density at radius 3 is 2.38 bits per heavy atom. The van der Waals surface area contributed by atoms with Crippen LogP contribution in [-0.4, -0.2) is 46.0 Å². The van der Waals surface area contributed by atoms with Crippen molar-refractivity contribution in [3.05, 3.63) is 29.8 Å². The molecule has 0 aromatic heterocycles. The summed E-state index contributed by atoms with van der Waals surface area (Å²) in [4.78, 5) is 0. The minimum atomic E-state index is -3.36. The van der Waals surface area contributed by atoms with Gasteiger partial charge in [0.2, 0.25) is 10.0 Å². The van der Waals surface area contributed by atoms with Gasteiger partial charge in [0.15, 0.2) is 0 Å². The molecule has 1 fully saturated rings. The monoisotopic (exact) mass is 312 g/mol. The summed E-state index contributed by atoms with van der Waals surface area (Å²) < 4.78 is 24.7. The molecule has 0 aliphatic carbocycles. The van der Waals surface area contributed by atoms with E-state index in [1.54, 1.807) is 0 Å². The molecule has 1 aliphatic heterocycles. The molecule has 0 bridgehead atoms. The van der Waals surface area contributed by atoms with Crippen molar-refractivity contribution < 1.29 is 13.5 Å². The highest BCUT2D eigenvalue weighted by molar-refractivity contribution is 7.92. The fraction of sp³-hybridized carbons (Fsp3) is 0.600. The van der Waals surface area contributed by atoms with Gasteiger partial charge in [0.25, 0.3) is 0 Å². The fourth-order valence-corrected chi connectivity index (χ4v) is 3.71. The second-order valence-electron chi connectivity index (χ2n) is 5.62. The van der Waals surface area contributed by atoms with E-state index in [4.69, 9.17) is 5.11 Å². The van der Waals surface area contributed by atoms with E-state index in [2.05, 4.69) is 5.32 Å². The topological polar surface area (TPSA) is 69.6 Å². The van der Waals surface area contributed by atoms with Gasteiger partial charge in [0.05, 0.1) is 25.1 Å². The van der Waals surface area contributed by atoms with Crippen molar-refractivity contribution in [1.82, 2.24) is 5.32 Å². The molecule has 0 unspecified atom stereocenters. The van der Waals surface area contributed by atoms with Crippen molar-refractivity contribution in [1.29, 1.82) is 0 Å². The minimum Gasteiger partial charge on any atom is -0.394 e. The number of benzene rings is 1. The van der Waals surface area contributed by atoms with E-state index < -0.39 is 10.0 Å². The lowest BCUT2D eigenvalue weighted by molar-refractivity contribution is 0.307. The first-order chi connectivity index (χ1) is 10.0. The lowest BCUT2D eigenvalue weighted by Crippen LogP contribution is -2.32. The predicted octanol–water partition coefficient (Wildman–Crippen LogP) is 0.987. The van der Waals surface area contributed by atoms with Crippen LogP contribution in [0.15, 0.2) is 24.3 Å². The molecular weight excluding hydrogens is 288 g/mol. The summed E-state index contributed by atoms with van der Waals surface area (Å²) in [5, 5.41) is 12.4. The van der Waals surface area contributed by atoms with E-state index in [9.17, 15) is 8.42 Å². The van der Waals surface area contributed by atoms with Crippen molar-refractivity contribution in [3.8, 4) is 0 Å². The Balaban J connectivity index is 2.06. The molecule has 6 heteroatoms. The molecule has 0 spiro atoms. The molecule has 5 nitrogen and oxygen atoms in total. The number of nitrogens with one attached hydrogen (secondary N) is 1. The second-order valence-corrected chi connectivity index (χ2v) is 7.53. The van der Waals surface area contributed by atoms with Crippen LogP contribution in [0.3, 0.4) is 0 Å². The maximum atomic E-state index is 11.7. The SMILES string of the molecule is CS(=O)(=O)N(CCO)c1ccc(CC2CCNCC2)cc1. The largest absolute Gasteiger partial charge is 0.394 e. The second kappa shape index (κ2) is 7.24. The number of piperidine rings is 1. The van der Waals surface area contributed by atoms with Crippen molar-refractivity contribution in [3.63, 3.8) is 0 Å². The van der Waals surface area contributed by atoms with Crippen LogP contribution in [0.4, 0.5) is 5.69 Å². The molecule has 118 valence electrons. The van der Waals surface area contributed by atoms with Crippen LogP contribution in [0.5, 0.6) is 0 Å². The molecule has 1 saturated heterocycles. The van der Waals surface area contributed by atoms with Crippen LogP contribution < -0.4 is 9.62 Å². The number of hydrogen-bond acceptors (Lipinski definition) is 4. The summed E-state index contributed by atoms with van der Waals surface area (Å²) in [5.74, 6) is 0.709. The number of nitrogens with zero attached hydrogens (tertiary/aromatic N) is 1. The maximum Gasteiger partial charge on any atom is 0.232 e. The molecule has 0 atom stereocenters. The van der Waals surface area contributed by atoms with Crippen molar-refractivity contribution in [2.75, 3.05) is 36.8 Å². The van der Waals surface area contributed by atoms with E-state index >= 15 is 0 Å². The lowest BCUT2D eigenvalue weighted by Gasteiger charge is -2.24. The molecule has 1 aliphatic rings. The van der Waals surface area contributed by atoms with Gasteiger partial charge in [-0.1, -0.05) is 12.1 Å². The highest BCUT2D eigenvalue weighted by Gasteiger charge is 2.17. The lowest BCUT2D eigenvalue weighted by atomic mass is 9.91. The zero-order chi connectivity index (χ0) is 15.3. The molecule has 1 aromatic rings. The van der Waals surface area contributed by atoms with Gasteiger partial charge in [-0.25, -0.2) is 8.42 Å². The fourth-order valence-electron chi connectivity index (χ4n) is 2.79. The zero-order valence-electron chi connectivity index (χ0n) is 12.5. The molecule has 0 saturated carbocycles. The third-order valence-electron chi connectivity index (χ3n) is 3.91. The molecular formula is C15H24N2O3S. The Hall–Kier alpha value is -1.11. The third-order valence-corrected chi connectivity index (χ3v) is 5.10. The number of anilines is 1. The van der Waals surface area contributed by atoms with Gasteiger partial charge in [-0.2, -0.15) is 0 Å². The zero-order valence-corrected chi connectivity index (χ0v) is 13.3. The first kappa shape index (κ1) is 16.3. The van der Waals surface area contributed by atoms with E-state index in [-0.39, 0.29) is 13.2 Å². The summed E-state index contributed by atoms with van der Waals surface area (Å²) in [6.45, 7) is 2.07. The van der Waals surface area contributed by atoms with Gasteiger partial charge >= 0.3 is 0 Å². The van der Waals surface area contributed by atoms with E-state index in [1.165, 1.54) is 22.7 Å². The van der Waals surface area contributed by atoms with Gasteiger partial charge in [0.1, 0.15) is 0 Å². The Morgan fingerprint density at radius 2 is 1.86 bits per heavy atom. The first-order valence-corrected chi connectivity index (χ1v) is 9.24. The number of aliphatic hydroxyl groups is 1. The Kier molecular flexibility index (Phi) is 5.61. The quantitative estimate of drug-likeness (QED) is 0.822. The average Bonchev–Trinajstić information content (AvgIpc) is 2.46. The summed E-state index contributed by atoms with van der Waals surface area (Å²) >= 11 is 0. The van der Waals surface area contributed by atoms with Gasteiger partial charge < -0.3 is 10.4 Å². The van der Waals surface area contributed by atoms with Gasteiger partial charge in [-0.3, -0.25) is 4.31 Å². The van der Waals surface area contributed by atoms with Gasteiger partial charge in [-0.05, 0) is 56.0 Å². The van der Waals surface area contributed by atoms with Crippen molar-refractivity contribution >= 4 is 15.7 Å². The summed E-state index contributed by atoms with van der Waals surface area (Å²) in [7, 11) is -3.36. The smallest absolute Gasteiger partial charge is 0.232 e. The number of sulfonamides is 1. The molecule has 21 heavy (non-hydrogen) atoms. The number of hydrogen-bond donors (Lipinski definition) is 2. The molecule has 2 rings (SSSR count). The maximum absolute atomic E-state index is 11.7. The number of aliphatic hydroxyl groups excluding tert-OH is 1. The Bertz CT molecular complexity index is 537. The summed E-state index contributed by atoms with van der Waals surface area (Å²) in [6, 6.07) is 7.64. The first-order valence-electron chi connectivity index (χ1n) is 7.39. The van der Waals surface area contributed by atoms with Crippen LogP contribution in [0.1, 0.15) is 18.4 Å². The van der Waals surface area contributed by atoms with E-state index in [0.29, 0.717) is 11.6 Å². The predicted molar refractivity (Wildman–Crippen MR) is 85.0 cm³/mol. The van der Waals surface area contributed by atoms with Crippen LogP contribution >= 0.6 is 0 Å². The summed E-state index contributed by atoms with van der Waals surface area (Å²) in [5.41, 5.74) is 1.85. The minimum absolute atomic E-state index is 0.0898. The van der Waals surface area contributed by atoms with Gasteiger partial charge in [-0.15, -0.1) is 0 Å². The molecule has 0 radical (unpaired) electrons.